The van der Waals surface area contributed by atoms with Crippen LogP contribution in [0.1, 0.15) is 48.0 Å². The zero-order valence-corrected chi connectivity index (χ0v) is 16.6. The second-order valence-electron chi connectivity index (χ2n) is 7.83. The summed E-state index contributed by atoms with van der Waals surface area (Å²) in [6, 6.07) is 11.5. The highest BCUT2D eigenvalue weighted by Gasteiger charge is 2.43. The van der Waals surface area contributed by atoms with Crippen LogP contribution in [-0.2, 0) is 11.3 Å². The molecule has 1 amide bonds. The van der Waals surface area contributed by atoms with Crippen LogP contribution < -0.4 is 4.74 Å². The molecule has 3 heterocycles. The molecular weight excluding hydrogens is 368 g/mol. The number of aromatic nitrogens is 1. The minimum Gasteiger partial charge on any atom is -0.495 e. The molecule has 1 aromatic heterocycles. The number of pyridine rings is 1. The van der Waals surface area contributed by atoms with Gasteiger partial charge in [0, 0.05) is 29.8 Å². The van der Waals surface area contributed by atoms with E-state index >= 15 is 0 Å². The number of carbonyl (C=O) groups is 2. The summed E-state index contributed by atoms with van der Waals surface area (Å²) in [6.07, 6.45) is 7.18. The highest BCUT2D eigenvalue weighted by Crippen LogP contribution is 2.39. The molecule has 0 aliphatic carbocycles. The third kappa shape index (κ3) is 4.26. The summed E-state index contributed by atoms with van der Waals surface area (Å²) in [5.74, 6) is 0.570. The van der Waals surface area contributed by atoms with Gasteiger partial charge in [-0.05, 0) is 43.7 Å². The molecule has 2 unspecified atom stereocenters. The molecule has 2 aromatic rings. The van der Waals surface area contributed by atoms with Crippen molar-refractivity contribution in [3.63, 3.8) is 0 Å². The summed E-state index contributed by atoms with van der Waals surface area (Å²) >= 11 is 0. The molecule has 2 saturated heterocycles. The minimum atomic E-state index is -0.266. The van der Waals surface area contributed by atoms with Crippen LogP contribution >= 0.6 is 0 Å². The van der Waals surface area contributed by atoms with Gasteiger partial charge in [0.15, 0.2) is 5.78 Å². The van der Waals surface area contributed by atoms with Gasteiger partial charge < -0.3 is 14.4 Å². The van der Waals surface area contributed by atoms with Gasteiger partial charge in [0.1, 0.15) is 12.4 Å². The Morgan fingerprint density at radius 1 is 1.10 bits per heavy atom. The van der Waals surface area contributed by atoms with Crippen molar-refractivity contribution in [2.75, 3.05) is 7.11 Å². The summed E-state index contributed by atoms with van der Waals surface area (Å²) in [4.78, 5) is 31.9. The Bertz CT molecular complexity index is 856. The molecular formula is C23H26N2O4. The van der Waals surface area contributed by atoms with Crippen LogP contribution in [0.3, 0.4) is 0 Å². The molecule has 0 N–H and O–H groups in total. The molecule has 29 heavy (non-hydrogen) atoms. The van der Waals surface area contributed by atoms with Crippen LogP contribution in [0, 0.1) is 5.92 Å². The SMILES string of the molecule is COc1cncc(C(=O)C2CC3CCCC(C2)N3C(=O)OCc2ccccc2)c1. The maximum atomic E-state index is 13.1. The van der Waals surface area contributed by atoms with Crippen LogP contribution in [0.5, 0.6) is 5.75 Å². The Hall–Kier alpha value is -2.89. The Morgan fingerprint density at radius 2 is 1.83 bits per heavy atom. The van der Waals surface area contributed by atoms with Gasteiger partial charge in [0.05, 0.1) is 13.3 Å². The fraction of sp³-hybridized carbons (Fsp3) is 0.435. The maximum absolute atomic E-state index is 13.1. The summed E-state index contributed by atoms with van der Waals surface area (Å²) < 4.78 is 10.8. The van der Waals surface area contributed by atoms with E-state index in [4.69, 9.17) is 9.47 Å². The Kier molecular flexibility index (Phi) is 5.79. The lowest BCUT2D eigenvalue weighted by Crippen LogP contribution is -2.55. The number of rotatable bonds is 5. The van der Waals surface area contributed by atoms with Crippen molar-refractivity contribution in [1.29, 1.82) is 0 Å². The van der Waals surface area contributed by atoms with E-state index in [9.17, 15) is 9.59 Å². The van der Waals surface area contributed by atoms with Crippen molar-refractivity contribution >= 4 is 11.9 Å². The van der Waals surface area contributed by atoms with Crippen LogP contribution in [0.15, 0.2) is 48.8 Å². The monoisotopic (exact) mass is 394 g/mol. The predicted molar refractivity (Wildman–Crippen MR) is 108 cm³/mol. The summed E-state index contributed by atoms with van der Waals surface area (Å²) in [6.45, 7) is 0.271. The van der Waals surface area contributed by atoms with E-state index in [2.05, 4.69) is 4.98 Å². The van der Waals surface area contributed by atoms with Crippen LogP contribution in [0.25, 0.3) is 0 Å². The fourth-order valence-electron chi connectivity index (χ4n) is 4.59. The fourth-order valence-corrected chi connectivity index (χ4v) is 4.59. The maximum Gasteiger partial charge on any atom is 0.410 e. The van der Waals surface area contributed by atoms with Crippen molar-refractivity contribution in [3.05, 3.63) is 59.9 Å². The summed E-state index contributed by atoms with van der Waals surface area (Å²) in [5.41, 5.74) is 1.55. The van der Waals surface area contributed by atoms with Gasteiger partial charge in [-0.1, -0.05) is 30.3 Å². The van der Waals surface area contributed by atoms with E-state index < -0.39 is 0 Å². The second-order valence-corrected chi connectivity index (χ2v) is 7.83. The number of carbonyl (C=O) groups excluding carboxylic acids is 2. The number of ether oxygens (including phenoxy) is 2. The number of Topliss-reactive ketones (excluding diaryl/α,β-unsaturated/α-hetero) is 1. The highest BCUT2D eigenvalue weighted by atomic mass is 16.6. The number of piperidine rings is 2. The first-order valence-electron chi connectivity index (χ1n) is 10.2. The van der Waals surface area contributed by atoms with Gasteiger partial charge in [-0.25, -0.2) is 4.79 Å². The molecule has 0 spiro atoms. The van der Waals surface area contributed by atoms with Gasteiger partial charge >= 0.3 is 6.09 Å². The first-order chi connectivity index (χ1) is 14.2. The van der Waals surface area contributed by atoms with Gasteiger partial charge in [-0.2, -0.15) is 0 Å². The molecule has 2 fully saturated rings. The molecule has 0 radical (unpaired) electrons. The zero-order chi connectivity index (χ0) is 20.2. The molecule has 4 rings (SSSR count). The first-order valence-corrected chi connectivity index (χ1v) is 10.2. The lowest BCUT2D eigenvalue weighted by molar-refractivity contribution is 0.00472. The molecule has 0 saturated carbocycles. The van der Waals surface area contributed by atoms with E-state index in [1.54, 1.807) is 25.6 Å². The highest BCUT2D eigenvalue weighted by molar-refractivity contribution is 5.98. The number of benzene rings is 1. The number of nitrogens with zero attached hydrogens (tertiary/aromatic N) is 2. The average molecular weight is 394 g/mol. The number of fused-ring (bicyclic) bond motifs is 2. The molecule has 2 aliphatic rings. The quantitative estimate of drug-likeness (QED) is 0.710. The van der Waals surface area contributed by atoms with Gasteiger partial charge in [-0.15, -0.1) is 0 Å². The Morgan fingerprint density at radius 3 is 2.52 bits per heavy atom. The van der Waals surface area contributed by atoms with Crippen molar-refractivity contribution < 1.29 is 19.1 Å². The second kappa shape index (κ2) is 8.64. The van der Waals surface area contributed by atoms with Gasteiger partial charge in [0.25, 0.3) is 0 Å². The third-order valence-corrected chi connectivity index (χ3v) is 5.99. The van der Waals surface area contributed by atoms with E-state index in [1.165, 1.54) is 0 Å². The number of amides is 1. The number of ketones is 1. The molecule has 152 valence electrons. The minimum absolute atomic E-state index is 0.0540. The van der Waals surface area contributed by atoms with Crippen molar-refractivity contribution in [2.45, 2.75) is 50.8 Å². The molecule has 2 atom stereocenters. The number of methoxy groups -OCH3 is 1. The lowest BCUT2D eigenvalue weighted by atomic mass is 9.76. The summed E-state index contributed by atoms with van der Waals surface area (Å²) in [7, 11) is 1.56. The smallest absolute Gasteiger partial charge is 0.410 e. The van der Waals surface area contributed by atoms with Gasteiger partial charge in [-0.3, -0.25) is 9.78 Å². The van der Waals surface area contributed by atoms with E-state index in [0.717, 1.165) is 24.8 Å². The molecule has 6 heteroatoms. The first kappa shape index (κ1) is 19.4. The molecule has 1 aromatic carbocycles. The van der Waals surface area contributed by atoms with Gasteiger partial charge in [0.2, 0.25) is 0 Å². The van der Waals surface area contributed by atoms with E-state index in [-0.39, 0.29) is 36.5 Å². The Balaban J connectivity index is 1.43. The average Bonchev–Trinajstić information content (AvgIpc) is 2.76. The number of hydrogen-bond donors (Lipinski definition) is 0. The molecule has 2 aliphatic heterocycles. The zero-order valence-electron chi connectivity index (χ0n) is 16.6. The van der Waals surface area contributed by atoms with Crippen molar-refractivity contribution in [2.24, 2.45) is 5.92 Å². The van der Waals surface area contributed by atoms with Crippen LogP contribution in [0.2, 0.25) is 0 Å². The van der Waals surface area contributed by atoms with Crippen molar-refractivity contribution in [3.8, 4) is 5.75 Å². The van der Waals surface area contributed by atoms with E-state index in [0.29, 0.717) is 24.2 Å². The third-order valence-electron chi connectivity index (χ3n) is 5.99. The predicted octanol–water partition coefficient (Wildman–Crippen LogP) is 4.24. The standard InChI is InChI=1S/C23H26N2O4/c1-28-21-12-18(13-24-14-21)22(26)17-10-19-8-5-9-20(11-17)25(19)23(27)29-15-16-6-3-2-4-7-16/h2-4,6-7,12-14,17,19-20H,5,8-11,15H2,1H3. The van der Waals surface area contributed by atoms with Crippen molar-refractivity contribution in [1.82, 2.24) is 9.88 Å². The largest absolute Gasteiger partial charge is 0.495 e. The topological polar surface area (TPSA) is 68.7 Å². The molecule has 6 nitrogen and oxygen atoms in total. The van der Waals surface area contributed by atoms with E-state index in [1.807, 2.05) is 35.2 Å². The van der Waals surface area contributed by atoms with Crippen LogP contribution in [-0.4, -0.2) is 41.0 Å². The molecule has 2 bridgehead atoms. The normalized spacial score (nSPS) is 23.3. The summed E-state index contributed by atoms with van der Waals surface area (Å²) in [5, 5.41) is 0. The Labute approximate surface area is 170 Å². The number of hydrogen-bond acceptors (Lipinski definition) is 5. The van der Waals surface area contributed by atoms with Crippen LogP contribution in [0.4, 0.5) is 4.79 Å². The lowest BCUT2D eigenvalue weighted by Gasteiger charge is -2.47.